The SMILES string of the molecule is Cc1cc(C)cc(CNc2cnc3n(c2=O)C(C(=O)NCc2cc4c(s2)CNC4)CC3)c1. The first kappa shape index (κ1) is 20.9. The lowest BCUT2D eigenvalue weighted by Gasteiger charge is -2.16. The van der Waals surface area contributed by atoms with Gasteiger partial charge in [0, 0.05) is 35.8 Å². The summed E-state index contributed by atoms with van der Waals surface area (Å²) >= 11 is 1.74. The Hall–Kier alpha value is -2.97. The Bertz CT molecular complexity index is 1200. The van der Waals surface area contributed by atoms with E-state index in [1.54, 1.807) is 22.1 Å². The van der Waals surface area contributed by atoms with Gasteiger partial charge < -0.3 is 16.0 Å². The number of aromatic nitrogens is 2. The molecule has 0 saturated heterocycles. The minimum atomic E-state index is -0.513. The lowest BCUT2D eigenvalue weighted by molar-refractivity contribution is -0.124. The van der Waals surface area contributed by atoms with Gasteiger partial charge in [0.1, 0.15) is 17.6 Å². The van der Waals surface area contributed by atoms with Crippen LogP contribution >= 0.6 is 11.3 Å². The number of thiophene rings is 1. The molecule has 0 radical (unpaired) electrons. The maximum atomic E-state index is 13.2. The molecule has 7 nitrogen and oxygen atoms in total. The number of hydrogen-bond donors (Lipinski definition) is 3. The van der Waals surface area contributed by atoms with Gasteiger partial charge >= 0.3 is 0 Å². The van der Waals surface area contributed by atoms with Crippen LogP contribution in [0.5, 0.6) is 0 Å². The fraction of sp³-hybridized carbons (Fsp3) is 0.375. The number of hydrogen-bond acceptors (Lipinski definition) is 6. The first-order chi connectivity index (χ1) is 15.5. The molecule has 0 spiro atoms. The zero-order valence-corrected chi connectivity index (χ0v) is 19.1. The molecule has 1 atom stereocenters. The van der Waals surface area contributed by atoms with Gasteiger partial charge in [-0.25, -0.2) is 4.98 Å². The van der Waals surface area contributed by atoms with Crippen molar-refractivity contribution in [2.45, 2.75) is 58.9 Å². The van der Waals surface area contributed by atoms with E-state index in [2.05, 4.69) is 59.0 Å². The largest absolute Gasteiger partial charge is 0.375 e. The number of nitrogens with zero attached hydrogens (tertiary/aromatic N) is 2. The highest BCUT2D eigenvalue weighted by Crippen LogP contribution is 2.27. The van der Waals surface area contributed by atoms with Crippen LogP contribution in [0.25, 0.3) is 0 Å². The second-order valence-electron chi connectivity index (χ2n) is 8.65. The molecule has 2 aliphatic rings. The molecular weight excluding hydrogens is 422 g/mol. The average Bonchev–Trinajstić information content (AvgIpc) is 3.45. The summed E-state index contributed by atoms with van der Waals surface area (Å²) in [5.74, 6) is 0.555. The van der Waals surface area contributed by atoms with Gasteiger partial charge in [-0.15, -0.1) is 11.3 Å². The van der Waals surface area contributed by atoms with E-state index in [1.807, 2.05) is 0 Å². The van der Waals surface area contributed by atoms with Crippen LogP contribution in [0.2, 0.25) is 0 Å². The molecule has 0 fully saturated rings. The van der Waals surface area contributed by atoms with Crippen molar-refractivity contribution in [2.24, 2.45) is 0 Å². The molecule has 2 aromatic heterocycles. The van der Waals surface area contributed by atoms with Crippen LogP contribution in [-0.2, 0) is 37.4 Å². The molecule has 166 valence electrons. The highest BCUT2D eigenvalue weighted by Gasteiger charge is 2.31. The molecular formula is C24H27N5O2S. The minimum Gasteiger partial charge on any atom is -0.375 e. The number of benzene rings is 1. The fourth-order valence-corrected chi connectivity index (χ4v) is 5.76. The molecule has 4 heterocycles. The summed E-state index contributed by atoms with van der Waals surface area (Å²) in [6.45, 7) is 6.96. The number of nitrogens with one attached hydrogen (secondary N) is 3. The summed E-state index contributed by atoms with van der Waals surface area (Å²) in [5.41, 5.74) is 5.06. The summed E-state index contributed by atoms with van der Waals surface area (Å²) in [7, 11) is 0. The quantitative estimate of drug-likeness (QED) is 0.539. The molecule has 3 N–H and O–H groups in total. The summed E-state index contributed by atoms with van der Waals surface area (Å²) < 4.78 is 1.57. The van der Waals surface area contributed by atoms with Crippen molar-refractivity contribution in [2.75, 3.05) is 5.32 Å². The monoisotopic (exact) mass is 449 g/mol. The summed E-state index contributed by atoms with van der Waals surface area (Å²) in [6.07, 6.45) is 2.82. The van der Waals surface area contributed by atoms with Crippen LogP contribution in [0.15, 0.2) is 35.3 Å². The smallest absolute Gasteiger partial charge is 0.277 e. The predicted octanol–water partition coefficient (Wildman–Crippen LogP) is 2.94. The normalized spacial score (nSPS) is 16.6. The maximum absolute atomic E-state index is 13.2. The molecule has 3 aromatic rings. The summed E-state index contributed by atoms with van der Waals surface area (Å²) in [5, 5.41) is 9.58. The molecule has 1 unspecified atom stereocenters. The van der Waals surface area contributed by atoms with Crippen LogP contribution in [0.4, 0.5) is 5.69 Å². The third-order valence-electron chi connectivity index (χ3n) is 6.08. The van der Waals surface area contributed by atoms with Gasteiger partial charge in [0.2, 0.25) is 5.91 Å². The van der Waals surface area contributed by atoms with Crippen molar-refractivity contribution < 1.29 is 4.79 Å². The van der Waals surface area contributed by atoms with Gasteiger partial charge in [0.15, 0.2) is 0 Å². The second kappa shape index (κ2) is 8.52. The first-order valence-electron chi connectivity index (χ1n) is 11.0. The second-order valence-corrected chi connectivity index (χ2v) is 9.87. The van der Waals surface area contributed by atoms with E-state index in [-0.39, 0.29) is 11.5 Å². The number of carbonyl (C=O) groups excluding carboxylic acids is 1. The van der Waals surface area contributed by atoms with E-state index in [0.717, 1.165) is 23.5 Å². The van der Waals surface area contributed by atoms with Gasteiger partial charge in [0.05, 0.1) is 12.7 Å². The van der Waals surface area contributed by atoms with E-state index >= 15 is 0 Å². The molecule has 0 aliphatic carbocycles. The van der Waals surface area contributed by atoms with E-state index in [0.29, 0.717) is 37.4 Å². The van der Waals surface area contributed by atoms with E-state index in [9.17, 15) is 9.59 Å². The van der Waals surface area contributed by atoms with E-state index in [4.69, 9.17) is 0 Å². The lowest BCUT2D eigenvalue weighted by Crippen LogP contribution is -2.36. The zero-order valence-electron chi connectivity index (χ0n) is 18.3. The van der Waals surface area contributed by atoms with Crippen molar-refractivity contribution in [3.8, 4) is 0 Å². The Balaban J connectivity index is 1.29. The van der Waals surface area contributed by atoms with Gasteiger partial charge in [-0.1, -0.05) is 29.3 Å². The number of fused-ring (bicyclic) bond motifs is 2. The average molecular weight is 450 g/mol. The third-order valence-corrected chi connectivity index (χ3v) is 7.25. The van der Waals surface area contributed by atoms with Crippen molar-refractivity contribution in [3.63, 3.8) is 0 Å². The van der Waals surface area contributed by atoms with Crippen LogP contribution in [0.3, 0.4) is 0 Å². The number of amides is 1. The van der Waals surface area contributed by atoms with Crippen LogP contribution in [-0.4, -0.2) is 15.5 Å². The first-order valence-corrected chi connectivity index (χ1v) is 11.8. The van der Waals surface area contributed by atoms with Gasteiger partial charge in [-0.05, 0) is 37.5 Å². The molecule has 1 aromatic carbocycles. The van der Waals surface area contributed by atoms with Gasteiger partial charge in [-0.3, -0.25) is 14.2 Å². The van der Waals surface area contributed by atoms with Gasteiger partial charge in [0.25, 0.3) is 5.56 Å². The molecule has 8 heteroatoms. The standard InChI is InChI=1S/C24H27N5O2S/c1-14-5-15(2)7-16(6-14)9-26-19-12-27-22-4-3-20(29(22)24(19)31)23(30)28-11-18-8-17-10-25-13-21(17)32-18/h5-8,12,20,25-26H,3-4,9-11,13H2,1-2H3,(H,28,30). The highest BCUT2D eigenvalue weighted by molar-refractivity contribution is 7.12. The Morgan fingerprint density at radius 3 is 2.78 bits per heavy atom. The van der Waals surface area contributed by atoms with Crippen LogP contribution < -0.4 is 21.5 Å². The summed E-state index contributed by atoms with van der Waals surface area (Å²) in [6, 6.07) is 7.97. The molecule has 1 amide bonds. The molecule has 2 aliphatic heterocycles. The Kier molecular flexibility index (Phi) is 5.57. The van der Waals surface area contributed by atoms with E-state index in [1.165, 1.54) is 21.6 Å². The molecule has 5 rings (SSSR count). The van der Waals surface area contributed by atoms with Gasteiger partial charge in [-0.2, -0.15) is 0 Å². The topological polar surface area (TPSA) is 88.0 Å². The molecule has 32 heavy (non-hydrogen) atoms. The lowest BCUT2D eigenvalue weighted by atomic mass is 10.1. The molecule has 0 saturated carbocycles. The number of rotatable bonds is 6. The zero-order chi connectivity index (χ0) is 22.2. The van der Waals surface area contributed by atoms with Crippen LogP contribution in [0, 0.1) is 13.8 Å². The van der Waals surface area contributed by atoms with Crippen molar-refractivity contribution >= 4 is 22.9 Å². The Labute approximate surface area is 190 Å². The van der Waals surface area contributed by atoms with Crippen molar-refractivity contribution in [3.05, 3.63) is 78.6 Å². The third kappa shape index (κ3) is 4.08. The van der Waals surface area contributed by atoms with Crippen LogP contribution in [0.1, 0.15) is 50.3 Å². The molecule has 0 bridgehead atoms. The number of aryl methyl sites for hydroxylation is 3. The predicted molar refractivity (Wildman–Crippen MR) is 126 cm³/mol. The maximum Gasteiger partial charge on any atom is 0.277 e. The van der Waals surface area contributed by atoms with Crippen molar-refractivity contribution in [1.82, 2.24) is 20.2 Å². The number of anilines is 1. The van der Waals surface area contributed by atoms with E-state index < -0.39 is 6.04 Å². The fourth-order valence-electron chi connectivity index (χ4n) is 4.66. The van der Waals surface area contributed by atoms with Crippen molar-refractivity contribution in [1.29, 1.82) is 0 Å². The minimum absolute atomic E-state index is 0.120. The Morgan fingerprint density at radius 2 is 2.00 bits per heavy atom. The highest BCUT2D eigenvalue weighted by atomic mass is 32.1. The summed E-state index contributed by atoms with van der Waals surface area (Å²) in [4.78, 5) is 33.1. The number of carbonyl (C=O) groups is 1. The Morgan fingerprint density at radius 1 is 1.19 bits per heavy atom.